The normalized spacial score (nSPS) is 22.2. The second-order valence-electron chi connectivity index (χ2n) is 5.23. The molecular weight excluding hydrogens is 224 g/mol. The van der Waals surface area contributed by atoms with E-state index in [2.05, 4.69) is 42.4 Å². The van der Waals surface area contributed by atoms with E-state index >= 15 is 0 Å². The van der Waals surface area contributed by atoms with Crippen LogP contribution in [0.2, 0.25) is 0 Å². The molecule has 3 rings (SSSR count). The monoisotopic (exact) mass is 244 g/mol. The second kappa shape index (κ2) is 4.75. The quantitative estimate of drug-likeness (QED) is 0.836. The minimum absolute atomic E-state index is 0.461. The fourth-order valence-electron chi connectivity index (χ4n) is 2.81. The first-order valence-electron chi connectivity index (χ1n) is 6.64. The van der Waals surface area contributed by atoms with Crippen molar-refractivity contribution in [1.29, 1.82) is 0 Å². The summed E-state index contributed by atoms with van der Waals surface area (Å²) >= 11 is 0. The Morgan fingerprint density at radius 3 is 3.11 bits per heavy atom. The zero-order chi connectivity index (χ0) is 12.5. The lowest BCUT2D eigenvalue weighted by Gasteiger charge is -2.24. The highest BCUT2D eigenvalue weighted by Crippen LogP contribution is 2.32. The number of likely N-dealkylation sites (N-methyl/N-ethyl adjacent to an activating group) is 1. The highest BCUT2D eigenvalue weighted by Gasteiger charge is 2.22. The van der Waals surface area contributed by atoms with Gasteiger partial charge in [-0.1, -0.05) is 11.6 Å². The van der Waals surface area contributed by atoms with Crippen molar-refractivity contribution in [3.63, 3.8) is 0 Å². The third-order valence-electron chi connectivity index (χ3n) is 3.89. The van der Waals surface area contributed by atoms with Crippen LogP contribution in [0.25, 0.3) is 11.0 Å². The van der Waals surface area contributed by atoms with Gasteiger partial charge >= 0.3 is 0 Å². The van der Waals surface area contributed by atoms with Crippen LogP contribution in [0.15, 0.2) is 28.9 Å². The van der Waals surface area contributed by atoms with Crippen molar-refractivity contribution in [2.75, 3.05) is 26.7 Å². The van der Waals surface area contributed by atoms with Gasteiger partial charge in [0.2, 0.25) is 0 Å². The van der Waals surface area contributed by atoms with Gasteiger partial charge in [-0.25, -0.2) is 0 Å². The minimum atomic E-state index is 0.461. The molecule has 1 N–H and O–H groups in total. The summed E-state index contributed by atoms with van der Waals surface area (Å²) in [6.07, 6.45) is 3.08. The average Bonchev–Trinajstić information content (AvgIpc) is 2.64. The Kier molecular flexibility index (Phi) is 3.10. The number of benzene rings is 1. The number of fused-ring (bicyclic) bond motifs is 1. The average molecular weight is 244 g/mol. The number of nitrogens with zero attached hydrogens (tertiary/aromatic N) is 1. The van der Waals surface area contributed by atoms with E-state index in [1.54, 1.807) is 0 Å². The van der Waals surface area contributed by atoms with E-state index in [4.69, 9.17) is 4.42 Å². The third-order valence-corrected chi connectivity index (χ3v) is 3.89. The zero-order valence-electron chi connectivity index (χ0n) is 11.1. The molecule has 1 saturated heterocycles. The van der Waals surface area contributed by atoms with Crippen molar-refractivity contribution in [2.24, 2.45) is 0 Å². The van der Waals surface area contributed by atoms with Crippen molar-refractivity contribution in [1.82, 2.24) is 10.2 Å². The smallest absolute Gasteiger partial charge is 0.134 e. The molecule has 0 aliphatic carbocycles. The second-order valence-corrected chi connectivity index (χ2v) is 5.23. The topological polar surface area (TPSA) is 28.4 Å². The van der Waals surface area contributed by atoms with Gasteiger partial charge in [-0.05, 0) is 39.1 Å². The lowest BCUT2D eigenvalue weighted by Crippen LogP contribution is -2.26. The van der Waals surface area contributed by atoms with Crippen LogP contribution in [0.3, 0.4) is 0 Å². The first kappa shape index (κ1) is 11.8. The van der Waals surface area contributed by atoms with Crippen LogP contribution < -0.4 is 5.32 Å². The molecule has 2 heterocycles. The van der Waals surface area contributed by atoms with Gasteiger partial charge in [-0.2, -0.15) is 0 Å². The molecule has 3 heteroatoms. The lowest BCUT2D eigenvalue weighted by molar-refractivity contribution is 0.258. The van der Waals surface area contributed by atoms with Gasteiger partial charge in [0.05, 0.1) is 6.26 Å². The molecule has 1 aliphatic heterocycles. The molecular formula is C15H20N2O. The summed E-state index contributed by atoms with van der Waals surface area (Å²) < 4.78 is 5.70. The third kappa shape index (κ3) is 2.04. The maximum Gasteiger partial charge on any atom is 0.134 e. The van der Waals surface area contributed by atoms with Crippen molar-refractivity contribution < 1.29 is 4.42 Å². The van der Waals surface area contributed by atoms with E-state index in [9.17, 15) is 0 Å². The van der Waals surface area contributed by atoms with E-state index in [0.29, 0.717) is 6.04 Å². The Morgan fingerprint density at radius 2 is 2.22 bits per heavy atom. The molecule has 1 aromatic carbocycles. The van der Waals surface area contributed by atoms with E-state index in [1.165, 1.54) is 16.5 Å². The summed E-state index contributed by atoms with van der Waals surface area (Å²) in [6.45, 7) is 5.37. The molecule has 18 heavy (non-hydrogen) atoms. The number of rotatable bonds is 1. The fourth-order valence-corrected chi connectivity index (χ4v) is 2.81. The van der Waals surface area contributed by atoms with E-state index in [-0.39, 0.29) is 0 Å². The maximum absolute atomic E-state index is 5.70. The molecule has 0 amide bonds. The molecule has 0 bridgehead atoms. The molecule has 96 valence electrons. The van der Waals surface area contributed by atoms with Crippen LogP contribution in [0.5, 0.6) is 0 Å². The minimum Gasteiger partial charge on any atom is -0.464 e. The summed E-state index contributed by atoms with van der Waals surface area (Å²) in [4.78, 5) is 2.42. The molecule has 0 saturated carbocycles. The Bertz CT molecular complexity index is 546. The SMILES string of the molecule is Cc1ccc2occ(C3CCNCCN3C)c2c1. The van der Waals surface area contributed by atoms with Gasteiger partial charge in [0, 0.05) is 30.1 Å². The highest BCUT2D eigenvalue weighted by molar-refractivity contribution is 5.82. The molecule has 1 unspecified atom stereocenters. The summed E-state index contributed by atoms with van der Waals surface area (Å²) in [5.41, 5.74) is 3.63. The largest absolute Gasteiger partial charge is 0.464 e. The molecule has 1 aliphatic rings. The van der Waals surface area contributed by atoms with Crippen LogP contribution in [0.1, 0.15) is 23.6 Å². The number of nitrogens with one attached hydrogen (secondary N) is 1. The van der Waals surface area contributed by atoms with Crippen molar-refractivity contribution >= 4 is 11.0 Å². The molecule has 0 radical (unpaired) electrons. The number of furan rings is 1. The lowest BCUT2D eigenvalue weighted by atomic mass is 10.0. The molecule has 2 aromatic rings. The Balaban J connectivity index is 2.04. The van der Waals surface area contributed by atoms with Gasteiger partial charge in [0.1, 0.15) is 5.58 Å². The van der Waals surface area contributed by atoms with Gasteiger partial charge in [0.15, 0.2) is 0 Å². The summed E-state index contributed by atoms with van der Waals surface area (Å²) in [5, 5.41) is 4.73. The molecule has 3 nitrogen and oxygen atoms in total. The Labute approximate surface area is 108 Å². The molecule has 1 aromatic heterocycles. The van der Waals surface area contributed by atoms with Gasteiger partial charge in [0.25, 0.3) is 0 Å². The van der Waals surface area contributed by atoms with Gasteiger partial charge in [-0.15, -0.1) is 0 Å². The number of hydrogen-bond acceptors (Lipinski definition) is 3. The van der Waals surface area contributed by atoms with Crippen LogP contribution in [-0.2, 0) is 0 Å². The van der Waals surface area contributed by atoms with Crippen LogP contribution in [0.4, 0.5) is 0 Å². The Morgan fingerprint density at radius 1 is 1.33 bits per heavy atom. The maximum atomic E-state index is 5.70. The first-order chi connectivity index (χ1) is 8.75. The Hall–Kier alpha value is -1.32. The zero-order valence-corrected chi connectivity index (χ0v) is 11.1. The van der Waals surface area contributed by atoms with E-state index in [0.717, 1.165) is 31.6 Å². The predicted molar refractivity (Wildman–Crippen MR) is 73.8 cm³/mol. The van der Waals surface area contributed by atoms with E-state index < -0.39 is 0 Å². The molecule has 0 spiro atoms. The van der Waals surface area contributed by atoms with Crippen LogP contribution in [0, 0.1) is 6.92 Å². The standard InChI is InChI=1S/C15H20N2O/c1-11-3-4-15-12(9-11)13(10-18-15)14-5-6-16-7-8-17(14)2/h3-4,9-10,14,16H,5-8H2,1-2H3. The molecule has 1 atom stereocenters. The van der Waals surface area contributed by atoms with Crippen molar-refractivity contribution in [3.05, 3.63) is 35.6 Å². The summed E-state index contributed by atoms with van der Waals surface area (Å²) in [6, 6.07) is 6.88. The number of aryl methyl sites for hydroxylation is 1. The fraction of sp³-hybridized carbons (Fsp3) is 0.467. The van der Waals surface area contributed by atoms with Crippen molar-refractivity contribution in [2.45, 2.75) is 19.4 Å². The first-order valence-corrected chi connectivity index (χ1v) is 6.64. The van der Waals surface area contributed by atoms with Gasteiger partial charge in [-0.3, -0.25) is 4.90 Å². The highest BCUT2D eigenvalue weighted by atomic mass is 16.3. The summed E-state index contributed by atoms with van der Waals surface area (Å²) in [7, 11) is 2.20. The predicted octanol–water partition coefficient (Wildman–Crippen LogP) is 2.71. The number of hydrogen-bond donors (Lipinski definition) is 1. The summed E-state index contributed by atoms with van der Waals surface area (Å²) in [5.74, 6) is 0. The van der Waals surface area contributed by atoms with Crippen molar-refractivity contribution in [3.8, 4) is 0 Å². The van der Waals surface area contributed by atoms with Crippen LogP contribution in [-0.4, -0.2) is 31.6 Å². The van der Waals surface area contributed by atoms with E-state index in [1.807, 2.05) is 6.26 Å². The van der Waals surface area contributed by atoms with Gasteiger partial charge < -0.3 is 9.73 Å². The van der Waals surface area contributed by atoms with Crippen LogP contribution >= 0.6 is 0 Å². The molecule has 1 fully saturated rings.